The monoisotopic (exact) mass is 247 g/mol. The highest BCUT2D eigenvalue weighted by Gasteiger charge is 2.23. The number of hydrogen-bond acceptors (Lipinski definition) is 2. The van der Waals surface area contributed by atoms with Crippen LogP contribution in [0.1, 0.15) is 37.4 Å². The normalized spacial score (nSPS) is 19.7. The molecule has 1 N–H and O–H groups in total. The lowest BCUT2D eigenvalue weighted by Crippen LogP contribution is -2.44. The number of aromatic nitrogens is 1. The van der Waals surface area contributed by atoms with Crippen LogP contribution in [-0.4, -0.2) is 28.5 Å². The van der Waals surface area contributed by atoms with E-state index in [9.17, 15) is 4.79 Å². The van der Waals surface area contributed by atoms with Crippen LogP contribution in [0.15, 0.2) is 12.1 Å². The molecule has 98 valence electrons. The zero-order valence-corrected chi connectivity index (χ0v) is 11.4. The Kier molecular flexibility index (Phi) is 3.84. The Hall–Kier alpha value is -1.58. The van der Waals surface area contributed by atoms with E-state index in [0.717, 1.165) is 30.6 Å². The fraction of sp³-hybridized carbons (Fsp3) is 0.571. The highest BCUT2D eigenvalue weighted by atomic mass is 16.2. The molecule has 1 aliphatic rings. The van der Waals surface area contributed by atoms with E-state index in [0.29, 0.717) is 11.9 Å². The maximum absolute atomic E-state index is 12.2. The third kappa shape index (κ3) is 3.00. The van der Waals surface area contributed by atoms with Gasteiger partial charge < -0.3 is 4.90 Å². The van der Waals surface area contributed by atoms with Crippen LogP contribution >= 0.6 is 0 Å². The van der Waals surface area contributed by atoms with Gasteiger partial charge in [-0.15, -0.1) is 0 Å². The van der Waals surface area contributed by atoms with Crippen LogP contribution in [0.25, 0.3) is 0 Å². The molecule has 2 rings (SSSR count). The molecule has 0 aliphatic carbocycles. The standard InChI is InChI=1S/C14H21N3O/c1-10-8-11(2)15-13(9-10)16-14(18)17-7-5-4-6-12(17)3/h8-9,12H,4-7H2,1-3H3,(H,15,16,18). The molecular formula is C14H21N3O. The molecule has 2 amide bonds. The Labute approximate surface area is 108 Å². The molecule has 1 aromatic rings. The summed E-state index contributed by atoms with van der Waals surface area (Å²) in [7, 11) is 0. The summed E-state index contributed by atoms with van der Waals surface area (Å²) in [5, 5.41) is 2.90. The lowest BCUT2D eigenvalue weighted by Gasteiger charge is -2.33. The molecule has 1 atom stereocenters. The number of pyridine rings is 1. The third-order valence-corrected chi connectivity index (χ3v) is 3.40. The second-order valence-corrected chi connectivity index (χ2v) is 5.14. The predicted octanol–water partition coefficient (Wildman–Crippen LogP) is 3.10. The zero-order chi connectivity index (χ0) is 13.1. The number of nitrogens with one attached hydrogen (secondary N) is 1. The van der Waals surface area contributed by atoms with Gasteiger partial charge >= 0.3 is 6.03 Å². The van der Waals surface area contributed by atoms with Crippen LogP contribution in [0, 0.1) is 13.8 Å². The lowest BCUT2D eigenvalue weighted by molar-refractivity contribution is 0.170. The van der Waals surface area contributed by atoms with Gasteiger partial charge in [0, 0.05) is 18.3 Å². The summed E-state index contributed by atoms with van der Waals surface area (Å²) in [6, 6.07) is 4.20. The minimum atomic E-state index is -0.0281. The van der Waals surface area contributed by atoms with Crippen molar-refractivity contribution in [1.82, 2.24) is 9.88 Å². The summed E-state index contributed by atoms with van der Waals surface area (Å²) < 4.78 is 0. The molecule has 1 aromatic heterocycles. The number of anilines is 1. The molecule has 4 heteroatoms. The van der Waals surface area contributed by atoms with Crippen LogP contribution in [0.3, 0.4) is 0 Å². The molecule has 4 nitrogen and oxygen atoms in total. The minimum absolute atomic E-state index is 0.0281. The van der Waals surface area contributed by atoms with Crippen LogP contribution in [0.4, 0.5) is 10.6 Å². The smallest absolute Gasteiger partial charge is 0.322 e. The van der Waals surface area contributed by atoms with E-state index in [2.05, 4.69) is 17.2 Å². The van der Waals surface area contributed by atoms with Crippen LogP contribution in [0.5, 0.6) is 0 Å². The molecule has 18 heavy (non-hydrogen) atoms. The maximum Gasteiger partial charge on any atom is 0.323 e. The zero-order valence-electron chi connectivity index (χ0n) is 11.4. The predicted molar refractivity (Wildman–Crippen MR) is 72.7 cm³/mol. The molecule has 1 aliphatic heterocycles. The summed E-state index contributed by atoms with van der Waals surface area (Å²) >= 11 is 0. The average molecular weight is 247 g/mol. The maximum atomic E-state index is 12.2. The minimum Gasteiger partial charge on any atom is -0.322 e. The number of piperidine rings is 1. The van der Waals surface area contributed by atoms with Gasteiger partial charge in [0.15, 0.2) is 0 Å². The molecule has 0 spiro atoms. The first-order valence-electron chi connectivity index (χ1n) is 6.59. The Morgan fingerprint density at radius 2 is 2.17 bits per heavy atom. The first-order chi connectivity index (χ1) is 8.56. The molecular weight excluding hydrogens is 226 g/mol. The van der Waals surface area contributed by atoms with Crippen molar-refractivity contribution in [1.29, 1.82) is 0 Å². The van der Waals surface area contributed by atoms with Gasteiger partial charge in [-0.25, -0.2) is 9.78 Å². The second-order valence-electron chi connectivity index (χ2n) is 5.14. The number of aryl methyl sites for hydroxylation is 2. The number of nitrogens with zero attached hydrogens (tertiary/aromatic N) is 2. The third-order valence-electron chi connectivity index (χ3n) is 3.40. The quantitative estimate of drug-likeness (QED) is 0.828. The van der Waals surface area contributed by atoms with E-state index in [1.807, 2.05) is 30.9 Å². The Bertz CT molecular complexity index is 424. The van der Waals surface area contributed by atoms with E-state index in [4.69, 9.17) is 0 Å². The van der Waals surface area contributed by atoms with Crippen molar-refractivity contribution in [2.75, 3.05) is 11.9 Å². The topological polar surface area (TPSA) is 45.2 Å². The number of urea groups is 1. The number of carbonyl (C=O) groups is 1. The average Bonchev–Trinajstić information content (AvgIpc) is 2.27. The summed E-state index contributed by atoms with van der Waals surface area (Å²) in [5.41, 5.74) is 2.04. The molecule has 1 unspecified atom stereocenters. The molecule has 1 saturated heterocycles. The van der Waals surface area contributed by atoms with Crippen molar-refractivity contribution in [3.8, 4) is 0 Å². The Balaban J connectivity index is 2.06. The summed E-state index contributed by atoms with van der Waals surface area (Å²) in [4.78, 5) is 18.4. The van der Waals surface area contributed by atoms with Crippen LogP contribution < -0.4 is 5.32 Å². The second kappa shape index (κ2) is 5.38. The van der Waals surface area contributed by atoms with Crippen LogP contribution in [-0.2, 0) is 0 Å². The fourth-order valence-corrected chi connectivity index (χ4v) is 2.49. The lowest BCUT2D eigenvalue weighted by atomic mass is 10.0. The Morgan fingerprint density at radius 1 is 1.39 bits per heavy atom. The van der Waals surface area contributed by atoms with Gasteiger partial charge in [0.05, 0.1) is 0 Å². The van der Waals surface area contributed by atoms with E-state index in [1.54, 1.807) is 0 Å². The van der Waals surface area contributed by atoms with Crippen molar-refractivity contribution in [3.63, 3.8) is 0 Å². The van der Waals surface area contributed by atoms with Gasteiger partial charge in [-0.1, -0.05) is 0 Å². The SMILES string of the molecule is Cc1cc(C)nc(NC(=O)N2CCCCC2C)c1. The van der Waals surface area contributed by atoms with Crippen molar-refractivity contribution in [2.24, 2.45) is 0 Å². The molecule has 2 heterocycles. The summed E-state index contributed by atoms with van der Waals surface area (Å²) in [6.07, 6.45) is 3.40. The van der Waals surface area contributed by atoms with E-state index >= 15 is 0 Å². The number of carbonyl (C=O) groups excluding carboxylic acids is 1. The summed E-state index contributed by atoms with van der Waals surface area (Å²) in [5.74, 6) is 0.648. The first kappa shape index (κ1) is 12.9. The van der Waals surface area contributed by atoms with E-state index in [-0.39, 0.29) is 6.03 Å². The number of hydrogen-bond donors (Lipinski definition) is 1. The highest BCUT2D eigenvalue weighted by molar-refractivity contribution is 5.88. The molecule has 0 radical (unpaired) electrons. The van der Waals surface area contributed by atoms with Gasteiger partial charge in [-0.3, -0.25) is 5.32 Å². The van der Waals surface area contributed by atoms with Gasteiger partial charge in [-0.05, 0) is 57.7 Å². The van der Waals surface area contributed by atoms with Gasteiger partial charge in [0.25, 0.3) is 0 Å². The molecule has 1 fully saturated rings. The number of likely N-dealkylation sites (tertiary alicyclic amines) is 1. The highest BCUT2D eigenvalue weighted by Crippen LogP contribution is 2.18. The van der Waals surface area contributed by atoms with Crippen LogP contribution in [0.2, 0.25) is 0 Å². The van der Waals surface area contributed by atoms with Crippen molar-refractivity contribution in [2.45, 2.75) is 46.1 Å². The van der Waals surface area contributed by atoms with E-state index in [1.165, 1.54) is 6.42 Å². The molecule has 0 saturated carbocycles. The largest absolute Gasteiger partial charge is 0.323 e. The van der Waals surface area contributed by atoms with Gasteiger partial charge in [-0.2, -0.15) is 0 Å². The summed E-state index contributed by atoms with van der Waals surface area (Å²) in [6.45, 7) is 6.89. The molecule has 0 aromatic carbocycles. The first-order valence-corrected chi connectivity index (χ1v) is 6.59. The van der Waals surface area contributed by atoms with E-state index < -0.39 is 0 Å². The molecule has 0 bridgehead atoms. The number of rotatable bonds is 1. The fourth-order valence-electron chi connectivity index (χ4n) is 2.49. The van der Waals surface area contributed by atoms with Gasteiger partial charge in [0.1, 0.15) is 5.82 Å². The Morgan fingerprint density at radius 3 is 2.83 bits per heavy atom. The number of amides is 2. The van der Waals surface area contributed by atoms with Gasteiger partial charge in [0.2, 0.25) is 0 Å². The van der Waals surface area contributed by atoms with Crippen molar-refractivity contribution in [3.05, 3.63) is 23.4 Å². The van der Waals surface area contributed by atoms with Crippen molar-refractivity contribution >= 4 is 11.8 Å². The van der Waals surface area contributed by atoms with Crippen molar-refractivity contribution < 1.29 is 4.79 Å².